The van der Waals surface area contributed by atoms with Gasteiger partial charge in [0, 0.05) is 0 Å². The second-order valence-corrected chi connectivity index (χ2v) is 13.1. The number of carbonyl (C=O) groups excluding carboxylic acids is 2. The molecule has 0 heterocycles. The van der Waals surface area contributed by atoms with E-state index in [2.05, 4.69) is 51.1 Å². The van der Waals surface area contributed by atoms with Gasteiger partial charge >= 0.3 is 11.9 Å². The summed E-state index contributed by atoms with van der Waals surface area (Å²) in [6.07, 6.45) is 25.1. The van der Waals surface area contributed by atoms with E-state index in [9.17, 15) is 9.59 Å². The molecule has 1 aliphatic carbocycles. The predicted octanol–water partition coefficient (Wildman–Crippen LogP) is 11.7. The molecule has 4 nitrogen and oxygen atoms in total. The van der Waals surface area contributed by atoms with Gasteiger partial charge < -0.3 is 9.47 Å². The summed E-state index contributed by atoms with van der Waals surface area (Å²) >= 11 is 0. The minimum absolute atomic E-state index is 0.0168. The molecule has 0 aliphatic heterocycles. The first-order valence-electron chi connectivity index (χ1n) is 17.9. The maximum absolute atomic E-state index is 14.0. The van der Waals surface area contributed by atoms with Crippen LogP contribution >= 0.6 is 0 Å². The van der Waals surface area contributed by atoms with Gasteiger partial charge in [-0.1, -0.05) is 153 Å². The van der Waals surface area contributed by atoms with Gasteiger partial charge in [-0.15, -0.1) is 0 Å². The van der Waals surface area contributed by atoms with Crippen molar-refractivity contribution in [2.75, 3.05) is 0 Å². The number of hydrogen-bond donors (Lipinski definition) is 0. The summed E-state index contributed by atoms with van der Waals surface area (Å²) in [6, 6.07) is 17.1. The van der Waals surface area contributed by atoms with Crippen LogP contribution < -0.4 is 4.74 Å². The Bertz CT molecular complexity index is 1200. The van der Waals surface area contributed by atoms with Gasteiger partial charge in [-0.25, -0.2) is 4.79 Å². The first-order chi connectivity index (χ1) is 21.9. The van der Waals surface area contributed by atoms with Crippen molar-refractivity contribution in [3.63, 3.8) is 0 Å². The van der Waals surface area contributed by atoms with Gasteiger partial charge in [-0.3, -0.25) is 4.79 Å². The maximum Gasteiger partial charge on any atom is 0.338 e. The number of hydrogen-bond acceptors (Lipinski definition) is 4. The van der Waals surface area contributed by atoms with Crippen molar-refractivity contribution < 1.29 is 19.1 Å². The summed E-state index contributed by atoms with van der Waals surface area (Å²) in [4.78, 5) is 26.6. The molecule has 4 heteroatoms. The summed E-state index contributed by atoms with van der Waals surface area (Å²) in [6.45, 7) is 8.53. The number of carbonyl (C=O) groups is 2. The van der Waals surface area contributed by atoms with E-state index in [1.807, 2.05) is 25.1 Å². The second-order valence-electron chi connectivity index (χ2n) is 13.1. The molecule has 0 saturated heterocycles. The molecule has 3 unspecified atom stereocenters. The Labute approximate surface area is 273 Å². The lowest BCUT2D eigenvalue weighted by atomic mass is 9.68. The van der Waals surface area contributed by atoms with Crippen LogP contribution in [0.1, 0.15) is 146 Å². The Kier molecular flexibility index (Phi) is 16.2. The lowest BCUT2D eigenvalue weighted by molar-refractivity contribution is -0.145. The zero-order valence-corrected chi connectivity index (χ0v) is 28.5. The van der Waals surface area contributed by atoms with E-state index in [0.29, 0.717) is 11.3 Å². The van der Waals surface area contributed by atoms with Crippen LogP contribution in [0.3, 0.4) is 0 Å². The second kappa shape index (κ2) is 20.1. The molecule has 0 aromatic heterocycles. The fraction of sp³-hybridized carbons (Fsp3) is 0.561. The monoisotopic (exact) mass is 614 g/mol. The van der Waals surface area contributed by atoms with Crippen LogP contribution in [0.5, 0.6) is 5.75 Å². The van der Waals surface area contributed by atoms with Crippen molar-refractivity contribution in [3.05, 3.63) is 84.0 Å². The molecule has 3 atom stereocenters. The third-order valence-electron chi connectivity index (χ3n) is 9.31. The highest BCUT2D eigenvalue weighted by Gasteiger charge is 2.43. The molecule has 0 spiro atoms. The number of ether oxygens (including phenoxy) is 2. The fourth-order valence-corrected chi connectivity index (χ4v) is 6.29. The quantitative estimate of drug-likeness (QED) is 0.0797. The molecule has 3 rings (SSSR count). The fourth-order valence-electron chi connectivity index (χ4n) is 6.29. The van der Waals surface area contributed by atoms with Gasteiger partial charge in [0.2, 0.25) is 0 Å². The molecular formula is C41H58O4. The molecule has 0 bridgehead atoms. The molecule has 0 amide bonds. The molecule has 1 aliphatic rings. The maximum atomic E-state index is 14.0. The van der Waals surface area contributed by atoms with Crippen LogP contribution in [0.2, 0.25) is 0 Å². The van der Waals surface area contributed by atoms with Crippen LogP contribution in [0.15, 0.2) is 72.8 Å². The highest BCUT2D eigenvalue weighted by atomic mass is 16.5. The zero-order chi connectivity index (χ0) is 32.3. The van der Waals surface area contributed by atoms with Crippen LogP contribution in [-0.4, -0.2) is 18.0 Å². The van der Waals surface area contributed by atoms with Crippen LogP contribution in [0.25, 0.3) is 5.57 Å². The van der Waals surface area contributed by atoms with Gasteiger partial charge in [-0.05, 0) is 67.5 Å². The summed E-state index contributed by atoms with van der Waals surface area (Å²) in [5, 5.41) is 0. The Morgan fingerprint density at radius 1 is 0.756 bits per heavy atom. The normalized spacial score (nSPS) is 18.3. The van der Waals surface area contributed by atoms with E-state index in [1.54, 1.807) is 24.3 Å². The topological polar surface area (TPSA) is 52.6 Å². The highest BCUT2D eigenvalue weighted by molar-refractivity contribution is 5.90. The average Bonchev–Trinajstić information content (AvgIpc) is 3.05. The summed E-state index contributed by atoms with van der Waals surface area (Å²) in [5.74, 6) is -0.140. The van der Waals surface area contributed by atoms with Gasteiger partial charge in [0.1, 0.15) is 5.75 Å². The van der Waals surface area contributed by atoms with Gasteiger partial charge in [0.05, 0.1) is 17.1 Å². The molecule has 45 heavy (non-hydrogen) atoms. The lowest BCUT2D eigenvalue weighted by Gasteiger charge is -2.36. The SMILES string of the molecule is CCCCCCCCCCCCC1(C(=O)Oc2ccc(C(=O)OC(C)CCCCCC)cc2)C=CC(c2ccccc2)=CC1C. The molecule has 0 saturated carbocycles. The molecule has 0 N–H and O–H groups in total. The number of allylic oxidation sites excluding steroid dienone is 3. The van der Waals surface area contributed by atoms with Crippen molar-refractivity contribution in [2.45, 2.75) is 137 Å². The smallest absolute Gasteiger partial charge is 0.338 e. The number of rotatable bonds is 21. The summed E-state index contributed by atoms with van der Waals surface area (Å²) in [7, 11) is 0. The van der Waals surface area contributed by atoms with Gasteiger partial charge in [-0.2, -0.15) is 0 Å². The van der Waals surface area contributed by atoms with Crippen molar-refractivity contribution in [1.82, 2.24) is 0 Å². The molecular weight excluding hydrogens is 556 g/mol. The summed E-state index contributed by atoms with van der Waals surface area (Å²) in [5.41, 5.74) is 2.02. The highest BCUT2D eigenvalue weighted by Crippen LogP contribution is 2.43. The van der Waals surface area contributed by atoms with Crippen LogP contribution in [0, 0.1) is 11.3 Å². The molecule has 246 valence electrons. The Morgan fingerprint density at radius 2 is 1.33 bits per heavy atom. The molecule has 0 fully saturated rings. The molecule has 0 radical (unpaired) electrons. The average molecular weight is 615 g/mol. The first kappa shape index (κ1) is 36.3. The first-order valence-corrected chi connectivity index (χ1v) is 17.9. The van der Waals surface area contributed by atoms with Crippen LogP contribution in [-0.2, 0) is 9.53 Å². The number of benzene rings is 2. The van der Waals surface area contributed by atoms with Crippen molar-refractivity contribution in [2.24, 2.45) is 11.3 Å². The molecule has 2 aromatic rings. The minimum atomic E-state index is -0.733. The number of esters is 2. The van der Waals surface area contributed by atoms with E-state index < -0.39 is 5.41 Å². The standard InChI is InChI=1S/C41H58O4/c1-5-7-9-11-12-13-14-15-16-21-30-41(31-29-37(32-33(41)3)35-23-19-17-20-24-35)40(43)45-38-27-25-36(26-28-38)39(42)44-34(4)22-18-10-8-6-2/h17,19-20,23-29,31-34H,5-16,18,21-22,30H2,1-4H3. The van der Waals surface area contributed by atoms with E-state index in [1.165, 1.54) is 64.2 Å². The lowest BCUT2D eigenvalue weighted by Crippen LogP contribution is -2.39. The Morgan fingerprint density at radius 3 is 1.93 bits per heavy atom. The van der Waals surface area contributed by atoms with Gasteiger partial charge in [0.25, 0.3) is 0 Å². The third kappa shape index (κ3) is 11.9. The van der Waals surface area contributed by atoms with Crippen LogP contribution in [0.4, 0.5) is 0 Å². The Hall–Kier alpha value is -3.14. The predicted molar refractivity (Wildman–Crippen MR) is 187 cm³/mol. The zero-order valence-electron chi connectivity index (χ0n) is 28.5. The minimum Gasteiger partial charge on any atom is -0.459 e. The van der Waals surface area contributed by atoms with Crippen molar-refractivity contribution >= 4 is 17.5 Å². The Balaban J connectivity index is 1.61. The van der Waals surface area contributed by atoms with E-state index in [-0.39, 0.29) is 24.0 Å². The third-order valence-corrected chi connectivity index (χ3v) is 9.31. The van der Waals surface area contributed by atoms with Gasteiger partial charge in [0.15, 0.2) is 0 Å². The number of unbranched alkanes of at least 4 members (excludes halogenated alkanes) is 12. The van der Waals surface area contributed by atoms with Crippen molar-refractivity contribution in [1.29, 1.82) is 0 Å². The molecule has 2 aromatic carbocycles. The van der Waals surface area contributed by atoms with Crippen molar-refractivity contribution in [3.8, 4) is 5.75 Å². The van der Waals surface area contributed by atoms with E-state index >= 15 is 0 Å². The largest absolute Gasteiger partial charge is 0.459 e. The van der Waals surface area contributed by atoms with E-state index in [0.717, 1.165) is 49.7 Å². The van der Waals surface area contributed by atoms with E-state index in [4.69, 9.17) is 9.47 Å². The summed E-state index contributed by atoms with van der Waals surface area (Å²) < 4.78 is 11.7.